The number of nitrogens with zero attached hydrogens (tertiary/aromatic N) is 1. The molecule has 21 heavy (non-hydrogen) atoms. The number of thiophene rings is 1. The SMILES string of the molecule is COc1nc2ccc(C)cc2cc1CNCc1cccs1. The molecule has 0 saturated carbocycles. The Morgan fingerprint density at radius 1 is 1.19 bits per heavy atom. The summed E-state index contributed by atoms with van der Waals surface area (Å²) < 4.78 is 5.42. The molecule has 3 nitrogen and oxygen atoms in total. The molecule has 0 aliphatic carbocycles. The van der Waals surface area contributed by atoms with Crippen LogP contribution >= 0.6 is 11.3 Å². The highest BCUT2D eigenvalue weighted by atomic mass is 32.1. The van der Waals surface area contributed by atoms with E-state index in [0.29, 0.717) is 5.88 Å². The molecule has 3 aromatic rings. The van der Waals surface area contributed by atoms with Crippen LogP contribution in [-0.2, 0) is 13.1 Å². The van der Waals surface area contributed by atoms with Gasteiger partial charge < -0.3 is 10.1 Å². The largest absolute Gasteiger partial charge is 0.481 e. The van der Waals surface area contributed by atoms with Gasteiger partial charge in [-0.15, -0.1) is 11.3 Å². The minimum absolute atomic E-state index is 0.699. The lowest BCUT2D eigenvalue weighted by atomic mass is 10.1. The van der Waals surface area contributed by atoms with Crippen LogP contribution in [-0.4, -0.2) is 12.1 Å². The number of benzene rings is 1. The molecular weight excluding hydrogens is 280 g/mol. The van der Waals surface area contributed by atoms with Crippen LogP contribution in [0.25, 0.3) is 10.9 Å². The molecule has 0 saturated heterocycles. The first-order valence-corrected chi connectivity index (χ1v) is 7.81. The van der Waals surface area contributed by atoms with Crippen molar-refractivity contribution in [1.29, 1.82) is 0 Å². The third-order valence-electron chi connectivity index (χ3n) is 3.40. The zero-order valence-corrected chi connectivity index (χ0v) is 13.0. The Morgan fingerprint density at radius 3 is 2.86 bits per heavy atom. The summed E-state index contributed by atoms with van der Waals surface area (Å²) in [6.45, 7) is 3.71. The fourth-order valence-corrected chi connectivity index (χ4v) is 3.03. The van der Waals surface area contributed by atoms with Gasteiger partial charge >= 0.3 is 0 Å². The highest BCUT2D eigenvalue weighted by Gasteiger charge is 2.07. The highest BCUT2D eigenvalue weighted by Crippen LogP contribution is 2.23. The molecular formula is C17H18N2OS. The maximum absolute atomic E-state index is 5.42. The van der Waals surface area contributed by atoms with Crippen LogP contribution in [0.2, 0.25) is 0 Å². The number of rotatable bonds is 5. The van der Waals surface area contributed by atoms with Gasteiger partial charge in [-0.25, -0.2) is 4.98 Å². The predicted molar refractivity (Wildman–Crippen MR) is 87.9 cm³/mol. The summed E-state index contributed by atoms with van der Waals surface area (Å²) in [4.78, 5) is 5.92. The Labute approximate surface area is 128 Å². The van der Waals surface area contributed by atoms with Gasteiger partial charge in [0.25, 0.3) is 0 Å². The van der Waals surface area contributed by atoms with Crippen LogP contribution in [0.1, 0.15) is 16.0 Å². The van der Waals surface area contributed by atoms with Crippen molar-refractivity contribution in [3.05, 3.63) is 57.8 Å². The Balaban J connectivity index is 1.82. The fraction of sp³-hybridized carbons (Fsp3) is 0.235. The van der Waals surface area contributed by atoms with E-state index < -0.39 is 0 Å². The molecule has 0 amide bonds. The zero-order valence-electron chi connectivity index (χ0n) is 12.2. The standard InChI is InChI=1S/C17H18N2OS/c1-12-5-6-16-13(8-12)9-14(17(19-16)20-2)10-18-11-15-4-3-7-21-15/h3-9,18H,10-11H2,1-2H3. The fourth-order valence-electron chi connectivity index (χ4n) is 2.36. The van der Waals surface area contributed by atoms with Gasteiger partial charge in [0.2, 0.25) is 5.88 Å². The van der Waals surface area contributed by atoms with Crippen LogP contribution in [0.15, 0.2) is 41.8 Å². The average Bonchev–Trinajstić information content (AvgIpc) is 2.99. The first kappa shape index (κ1) is 14.0. The summed E-state index contributed by atoms with van der Waals surface area (Å²) >= 11 is 1.76. The van der Waals surface area contributed by atoms with Crippen LogP contribution in [0, 0.1) is 6.92 Å². The van der Waals surface area contributed by atoms with Gasteiger partial charge in [-0.2, -0.15) is 0 Å². The summed E-state index contributed by atoms with van der Waals surface area (Å²) in [7, 11) is 1.67. The second-order valence-electron chi connectivity index (χ2n) is 5.04. The van der Waals surface area contributed by atoms with Crippen molar-refractivity contribution in [2.75, 3.05) is 7.11 Å². The van der Waals surface area contributed by atoms with Crippen molar-refractivity contribution >= 4 is 22.2 Å². The number of aryl methyl sites for hydroxylation is 1. The normalized spacial score (nSPS) is 11.0. The molecule has 0 spiro atoms. The van der Waals surface area contributed by atoms with Crippen LogP contribution in [0.5, 0.6) is 5.88 Å². The van der Waals surface area contributed by atoms with E-state index in [0.717, 1.165) is 29.6 Å². The highest BCUT2D eigenvalue weighted by molar-refractivity contribution is 7.09. The molecule has 0 unspecified atom stereocenters. The molecule has 2 aromatic heterocycles. The van der Waals surface area contributed by atoms with E-state index >= 15 is 0 Å². The van der Waals surface area contributed by atoms with E-state index in [1.807, 2.05) is 6.07 Å². The third kappa shape index (κ3) is 3.23. The first-order chi connectivity index (χ1) is 10.3. The molecule has 0 atom stereocenters. The number of fused-ring (bicyclic) bond motifs is 1. The average molecular weight is 298 g/mol. The predicted octanol–water partition coefficient (Wildman–Crippen LogP) is 3.90. The lowest BCUT2D eigenvalue weighted by Crippen LogP contribution is -2.13. The molecule has 0 bridgehead atoms. The number of hydrogen-bond acceptors (Lipinski definition) is 4. The van der Waals surface area contributed by atoms with Crippen molar-refractivity contribution < 1.29 is 4.74 Å². The summed E-state index contributed by atoms with van der Waals surface area (Å²) in [5, 5.41) is 6.70. The Bertz CT molecular complexity index is 738. The Kier molecular flexibility index (Phi) is 4.18. The molecule has 0 fully saturated rings. The maximum Gasteiger partial charge on any atom is 0.218 e. The molecule has 3 rings (SSSR count). The van der Waals surface area contributed by atoms with Crippen molar-refractivity contribution in [3.8, 4) is 5.88 Å². The second kappa shape index (κ2) is 6.24. The molecule has 108 valence electrons. The van der Waals surface area contributed by atoms with E-state index in [9.17, 15) is 0 Å². The van der Waals surface area contributed by atoms with Crippen molar-refractivity contribution in [2.24, 2.45) is 0 Å². The molecule has 0 aliphatic heterocycles. The summed E-state index contributed by atoms with van der Waals surface area (Å²) in [6.07, 6.45) is 0. The van der Waals surface area contributed by atoms with E-state index in [4.69, 9.17) is 4.74 Å². The zero-order chi connectivity index (χ0) is 14.7. The number of pyridine rings is 1. The third-order valence-corrected chi connectivity index (χ3v) is 4.27. The van der Waals surface area contributed by atoms with Gasteiger partial charge in [-0.3, -0.25) is 0 Å². The van der Waals surface area contributed by atoms with Gasteiger partial charge in [0.15, 0.2) is 0 Å². The second-order valence-corrected chi connectivity index (χ2v) is 6.07. The minimum atomic E-state index is 0.699. The lowest BCUT2D eigenvalue weighted by Gasteiger charge is -2.10. The monoisotopic (exact) mass is 298 g/mol. The van der Waals surface area contributed by atoms with Gasteiger partial charge in [0.05, 0.1) is 12.6 Å². The van der Waals surface area contributed by atoms with Gasteiger partial charge in [-0.05, 0) is 36.6 Å². The number of hydrogen-bond donors (Lipinski definition) is 1. The lowest BCUT2D eigenvalue weighted by molar-refractivity contribution is 0.392. The Morgan fingerprint density at radius 2 is 2.10 bits per heavy atom. The molecule has 0 aliphatic rings. The Hall–Kier alpha value is -1.91. The molecule has 2 heterocycles. The minimum Gasteiger partial charge on any atom is -0.481 e. The van der Waals surface area contributed by atoms with Crippen LogP contribution in [0.4, 0.5) is 0 Å². The van der Waals surface area contributed by atoms with Gasteiger partial charge in [0.1, 0.15) is 0 Å². The molecule has 1 N–H and O–H groups in total. The summed E-state index contributed by atoms with van der Waals surface area (Å²) in [5.41, 5.74) is 3.30. The van der Waals surface area contributed by atoms with Gasteiger partial charge in [-0.1, -0.05) is 17.7 Å². The number of methoxy groups -OCH3 is 1. The first-order valence-electron chi connectivity index (χ1n) is 6.93. The maximum atomic E-state index is 5.42. The van der Waals surface area contributed by atoms with E-state index in [2.05, 4.69) is 52.9 Å². The number of nitrogens with one attached hydrogen (secondary N) is 1. The van der Waals surface area contributed by atoms with E-state index in [1.54, 1.807) is 18.4 Å². The van der Waals surface area contributed by atoms with E-state index in [-0.39, 0.29) is 0 Å². The smallest absolute Gasteiger partial charge is 0.218 e. The molecule has 1 aromatic carbocycles. The molecule has 4 heteroatoms. The topological polar surface area (TPSA) is 34.1 Å². The molecule has 0 radical (unpaired) electrons. The van der Waals surface area contributed by atoms with Crippen LogP contribution < -0.4 is 10.1 Å². The van der Waals surface area contributed by atoms with Crippen molar-refractivity contribution in [3.63, 3.8) is 0 Å². The number of ether oxygens (including phenoxy) is 1. The summed E-state index contributed by atoms with van der Waals surface area (Å²) in [6, 6.07) is 12.6. The van der Waals surface area contributed by atoms with Crippen molar-refractivity contribution in [2.45, 2.75) is 20.0 Å². The van der Waals surface area contributed by atoms with Gasteiger partial charge in [0, 0.05) is 28.9 Å². The van der Waals surface area contributed by atoms with Crippen LogP contribution in [0.3, 0.4) is 0 Å². The quantitative estimate of drug-likeness (QED) is 0.775. The van der Waals surface area contributed by atoms with Crippen molar-refractivity contribution in [1.82, 2.24) is 10.3 Å². The summed E-state index contributed by atoms with van der Waals surface area (Å²) in [5.74, 6) is 0.699. The van der Waals surface area contributed by atoms with E-state index in [1.165, 1.54) is 10.4 Å². The number of aromatic nitrogens is 1.